The summed E-state index contributed by atoms with van der Waals surface area (Å²) in [4.78, 5) is 2.25. The van der Waals surface area contributed by atoms with Gasteiger partial charge in [-0.1, -0.05) is 48.5 Å². The van der Waals surface area contributed by atoms with Crippen LogP contribution in [0.4, 0.5) is 8.78 Å². The Hall–Kier alpha value is -1.98. The molecular weight excluding hydrogens is 298 g/mol. The van der Waals surface area contributed by atoms with Crippen molar-refractivity contribution in [3.8, 4) is 5.75 Å². The third-order valence-electron chi connectivity index (χ3n) is 4.22. The second kappa shape index (κ2) is 7.06. The second-order valence-electron chi connectivity index (χ2n) is 5.87. The van der Waals surface area contributed by atoms with Crippen molar-refractivity contribution in [2.24, 2.45) is 5.73 Å². The SMILES string of the molecule is NC1CN(Cc2ccccc2)CC1c1ccccc1OC(F)F. The molecule has 2 atom stereocenters. The lowest BCUT2D eigenvalue weighted by atomic mass is 9.94. The number of nitrogens with two attached hydrogens (primary N) is 1. The van der Waals surface area contributed by atoms with Gasteiger partial charge in [0.25, 0.3) is 0 Å². The highest BCUT2D eigenvalue weighted by Gasteiger charge is 2.33. The van der Waals surface area contributed by atoms with Crippen molar-refractivity contribution in [3.05, 3.63) is 65.7 Å². The number of hydrogen-bond donors (Lipinski definition) is 1. The minimum absolute atomic E-state index is 0.00587. The van der Waals surface area contributed by atoms with E-state index in [2.05, 4.69) is 21.8 Å². The summed E-state index contributed by atoms with van der Waals surface area (Å²) in [5, 5.41) is 0. The topological polar surface area (TPSA) is 38.5 Å². The van der Waals surface area contributed by atoms with E-state index in [1.54, 1.807) is 12.1 Å². The molecule has 2 unspecified atom stereocenters. The van der Waals surface area contributed by atoms with Gasteiger partial charge in [0, 0.05) is 37.2 Å². The van der Waals surface area contributed by atoms with Crippen LogP contribution in [0.1, 0.15) is 17.0 Å². The summed E-state index contributed by atoms with van der Waals surface area (Å²) in [5.41, 5.74) is 8.25. The number of likely N-dealkylation sites (tertiary alicyclic amines) is 1. The van der Waals surface area contributed by atoms with E-state index < -0.39 is 6.61 Å². The summed E-state index contributed by atoms with van der Waals surface area (Å²) < 4.78 is 29.8. The van der Waals surface area contributed by atoms with Crippen molar-refractivity contribution in [2.45, 2.75) is 25.1 Å². The van der Waals surface area contributed by atoms with Crippen molar-refractivity contribution < 1.29 is 13.5 Å². The van der Waals surface area contributed by atoms with E-state index in [1.807, 2.05) is 30.3 Å². The minimum atomic E-state index is -2.82. The van der Waals surface area contributed by atoms with Crippen LogP contribution < -0.4 is 10.5 Å². The number of ether oxygens (including phenoxy) is 1. The molecule has 1 aliphatic rings. The molecule has 2 aromatic carbocycles. The van der Waals surface area contributed by atoms with Crippen LogP contribution in [0.15, 0.2) is 54.6 Å². The Morgan fingerprint density at radius 3 is 2.48 bits per heavy atom. The van der Waals surface area contributed by atoms with Gasteiger partial charge >= 0.3 is 6.61 Å². The predicted molar refractivity (Wildman–Crippen MR) is 85.5 cm³/mol. The molecule has 0 amide bonds. The molecule has 0 aromatic heterocycles. The third-order valence-corrected chi connectivity index (χ3v) is 4.22. The second-order valence-corrected chi connectivity index (χ2v) is 5.87. The van der Waals surface area contributed by atoms with Crippen molar-refractivity contribution in [1.29, 1.82) is 0 Å². The van der Waals surface area contributed by atoms with E-state index >= 15 is 0 Å². The van der Waals surface area contributed by atoms with Gasteiger partial charge in [-0.15, -0.1) is 0 Å². The van der Waals surface area contributed by atoms with E-state index in [4.69, 9.17) is 5.73 Å². The monoisotopic (exact) mass is 318 g/mol. The van der Waals surface area contributed by atoms with Crippen molar-refractivity contribution in [2.75, 3.05) is 13.1 Å². The van der Waals surface area contributed by atoms with Crippen molar-refractivity contribution >= 4 is 0 Å². The molecule has 1 fully saturated rings. The number of para-hydroxylation sites is 1. The normalized spacial score (nSPS) is 21.7. The van der Waals surface area contributed by atoms with Gasteiger partial charge in [-0.25, -0.2) is 0 Å². The number of nitrogens with zero attached hydrogens (tertiary/aromatic N) is 1. The van der Waals surface area contributed by atoms with Gasteiger partial charge in [0.15, 0.2) is 0 Å². The van der Waals surface area contributed by atoms with Gasteiger partial charge in [0.2, 0.25) is 0 Å². The molecule has 0 radical (unpaired) electrons. The summed E-state index contributed by atoms with van der Waals surface area (Å²) >= 11 is 0. The summed E-state index contributed by atoms with van der Waals surface area (Å²) in [6.45, 7) is -0.542. The van der Waals surface area contributed by atoms with Crippen LogP contribution in [-0.2, 0) is 6.54 Å². The first-order chi connectivity index (χ1) is 11.1. The Balaban J connectivity index is 1.74. The van der Waals surface area contributed by atoms with Gasteiger partial charge in [0.1, 0.15) is 5.75 Å². The van der Waals surface area contributed by atoms with Gasteiger partial charge in [-0.05, 0) is 11.6 Å². The molecular formula is C18H20F2N2O. The Kier molecular flexibility index (Phi) is 4.88. The summed E-state index contributed by atoms with van der Waals surface area (Å²) in [6.07, 6.45) is 0. The van der Waals surface area contributed by atoms with E-state index in [9.17, 15) is 8.78 Å². The number of hydrogen-bond acceptors (Lipinski definition) is 3. The molecule has 3 nitrogen and oxygen atoms in total. The molecule has 0 spiro atoms. The van der Waals surface area contributed by atoms with Crippen LogP contribution in [0.5, 0.6) is 5.75 Å². The Morgan fingerprint density at radius 1 is 1.04 bits per heavy atom. The lowest BCUT2D eigenvalue weighted by Crippen LogP contribution is -2.28. The van der Waals surface area contributed by atoms with E-state index in [0.29, 0.717) is 0 Å². The molecule has 23 heavy (non-hydrogen) atoms. The molecule has 2 aromatic rings. The molecule has 2 N–H and O–H groups in total. The molecule has 1 heterocycles. The average Bonchev–Trinajstić information content (AvgIpc) is 2.88. The zero-order valence-corrected chi connectivity index (χ0v) is 12.7. The first kappa shape index (κ1) is 15.9. The fourth-order valence-electron chi connectivity index (χ4n) is 3.20. The zero-order valence-electron chi connectivity index (χ0n) is 12.7. The van der Waals surface area contributed by atoms with Gasteiger partial charge in [0.05, 0.1) is 0 Å². The predicted octanol–water partition coefficient (Wildman–Crippen LogP) is 3.21. The van der Waals surface area contributed by atoms with E-state index in [1.165, 1.54) is 5.56 Å². The molecule has 0 bridgehead atoms. The average molecular weight is 318 g/mol. The molecule has 5 heteroatoms. The number of rotatable bonds is 5. The Bertz CT molecular complexity index is 636. The molecule has 0 saturated carbocycles. The van der Waals surface area contributed by atoms with E-state index in [-0.39, 0.29) is 17.7 Å². The fraction of sp³-hybridized carbons (Fsp3) is 0.333. The van der Waals surface area contributed by atoms with Crippen LogP contribution in [0, 0.1) is 0 Å². The van der Waals surface area contributed by atoms with Crippen LogP contribution in [-0.4, -0.2) is 30.6 Å². The Labute approximate surface area is 134 Å². The zero-order chi connectivity index (χ0) is 16.2. The number of halogens is 2. The molecule has 0 aliphatic carbocycles. The quantitative estimate of drug-likeness (QED) is 0.920. The maximum absolute atomic E-state index is 12.6. The number of alkyl halides is 2. The highest BCUT2D eigenvalue weighted by Crippen LogP contribution is 2.34. The van der Waals surface area contributed by atoms with Crippen molar-refractivity contribution in [3.63, 3.8) is 0 Å². The number of benzene rings is 2. The first-order valence-electron chi connectivity index (χ1n) is 7.69. The van der Waals surface area contributed by atoms with Crippen LogP contribution >= 0.6 is 0 Å². The largest absolute Gasteiger partial charge is 0.435 e. The highest BCUT2D eigenvalue weighted by atomic mass is 19.3. The third kappa shape index (κ3) is 3.86. The van der Waals surface area contributed by atoms with Crippen LogP contribution in [0.3, 0.4) is 0 Å². The van der Waals surface area contributed by atoms with Crippen LogP contribution in [0.25, 0.3) is 0 Å². The summed E-state index contributed by atoms with van der Waals surface area (Å²) in [7, 11) is 0. The smallest absolute Gasteiger partial charge is 0.387 e. The van der Waals surface area contributed by atoms with Gasteiger partial charge < -0.3 is 10.5 Å². The minimum Gasteiger partial charge on any atom is -0.435 e. The van der Waals surface area contributed by atoms with Crippen LogP contribution in [0.2, 0.25) is 0 Å². The lowest BCUT2D eigenvalue weighted by molar-refractivity contribution is -0.0506. The maximum atomic E-state index is 12.6. The molecule has 122 valence electrons. The van der Waals surface area contributed by atoms with Gasteiger partial charge in [-0.2, -0.15) is 8.78 Å². The molecule has 1 aliphatic heterocycles. The standard InChI is InChI=1S/C18H20F2N2O/c19-18(20)23-17-9-5-4-8-14(17)15-11-22(12-16(15)21)10-13-6-2-1-3-7-13/h1-9,15-16,18H,10-12,21H2. The molecule has 1 saturated heterocycles. The van der Waals surface area contributed by atoms with Crippen molar-refractivity contribution in [1.82, 2.24) is 4.90 Å². The Morgan fingerprint density at radius 2 is 1.74 bits per heavy atom. The maximum Gasteiger partial charge on any atom is 0.387 e. The highest BCUT2D eigenvalue weighted by molar-refractivity contribution is 5.38. The van der Waals surface area contributed by atoms with E-state index in [0.717, 1.165) is 25.2 Å². The first-order valence-corrected chi connectivity index (χ1v) is 7.69. The summed E-state index contributed by atoms with van der Waals surface area (Å²) in [6, 6.07) is 17.0. The summed E-state index contributed by atoms with van der Waals surface area (Å²) in [5.74, 6) is 0.221. The fourth-order valence-corrected chi connectivity index (χ4v) is 3.20. The lowest BCUT2D eigenvalue weighted by Gasteiger charge is -2.19. The molecule has 3 rings (SSSR count). The van der Waals surface area contributed by atoms with Gasteiger partial charge in [-0.3, -0.25) is 4.90 Å².